The summed E-state index contributed by atoms with van der Waals surface area (Å²) >= 11 is 0. The average molecular weight is 1350 g/mol. The number of fused-ring (bicyclic) bond motifs is 2. The number of ether oxygens (including phenoxy) is 4. The van der Waals surface area contributed by atoms with E-state index in [1.165, 1.54) is 9.80 Å². The fraction of sp³-hybridized carbons (Fsp3) is 0.662. The Kier molecular flexibility index (Phi) is 23.4. The predicted octanol–water partition coefficient (Wildman–Crippen LogP) is 4.99. The molecule has 8 rings (SSSR count). The molecule has 2 unspecified atom stereocenters. The van der Waals surface area contributed by atoms with E-state index in [2.05, 4.69) is 31.9 Å². The van der Waals surface area contributed by atoms with Crippen molar-refractivity contribution in [2.45, 2.75) is 204 Å². The lowest BCUT2D eigenvalue weighted by molar-refractivity contribution is -0.150. The van der Waals surface area contributed by atoms with Crippen molar-refractivity contribution >= 4 is 71.0 Å². The lowest BCUT2D eigenvalue weighted by Gasteiger charge is -2.38. The molecule has 4 aliphatic carbocycles. The number of likely N-dealkylation sites (tertiary alicyclic amines) is 2. The van der Waals surface area contributed by atoms with Gasteiger partial charge in [0, 0.05) is 13.1 Å². The van der Waals surface area contributed by atoms with E-state index in [9.17, 15) is 57.5 Å². The van der Waals surface area contributed by atoms with E-state index < -0.39 is 136 Å². The van der Waals surface area contributed by atoms with Crippen molar-refractivity contribution < 1.29 is 76.5 Å². The molecule has 2 aromatic rings. The van der Waals surface area contributed by atoms with Gasteiger partial charge >= 0.3 is 24.0 Å². The van der Waals surface area contributed by atoms with Crippen molar-refractivity contribution in [1.29, 1.82) is 0 Å². The fourth-order valence-corrected chi connectivity index (χ4v) is 13.6. The van der Waals surface area contributed by atoms with Crippen LogP contribution < -0.4 is 52.8 Å². The molecule has 2 aliphatic heterocycles. The highest BCUT2D eigenvalue weighted by molar-refractivity contribution is 6.38. The summed E-state index contributed by atoms with van der Waals surface area (Å²) in [5.41, 5.74) is 9.35. The van der Waals surface area contributed by atoms with Gasteiger partial charge in [-0.25, -0.2) is 19.2 Å². The quantitative estimate of drug-likeness (QED) is 0.0431. The van der Waals surface area contributed by atoms with Crippen LogP contribution in [0.25, 0.3) is 0 Å². The number of nitrogens with one attached hydrogen (secondary N) is 6. The van der Waals surface area contributed by atoms with Crippen LogP contribution in [0.5, 0.6) is 11.5 Å². The number of urea groups is 2. The Bertz CT molecular complexity index is 3300. The molecule has 534 valence electrons. The number of carbonyl (C=O) groups excluding carboxylic acids is 12. The fourth-order valence-electron chi connectivity index (χ4n) is 13.6. The third kappa shape index (κ3) is 18.7. The van der Waals surface area contributed by atoms with Crippen molar-refractivity contribution in [2.75, 3.05) is 27.3 Å². The van der Waals surface area contributed by atoms with Gasteiger partial charge in [-0.3, -0.25) is 38.4 Å². The molecule has 0 aromatic heterocycles. The van der Waals surface area contributed by atoms with Crippen LogP contribution in [0.15, 0.2) is 48.5 Å². The van der Waals surface area contributed by atoms with Crippen LogP contribution in [0.3, 0.4) is 0 Å². The number of amides is 10. The van der Waals surface area contributed by atoms with Crippen LogP contribution in [0, 0.1) is 68.5 Å². The maximum absolute atomic E-state index is 14.3. The molecule has 2 heterocycles. The van der Waals surface area contributed by atoms with E-state index in [4.69, 9.17) is 30.4 Å². The summed E-state index contributed by atoms with van der Waals surface area (Å²) in [5.74, 6) is -5.91. The van der Waals surface area contributed by atoms with Gasteiger partial charge < -0.3 is 72.1 Å². The van der Waals surface area contributed by atoms with E-state index in [0.29, 0.717) is 37.4 Å². The normalized spacial score (nSPS) is 22.9. The Morgan fingerprint density at radius 3 is 1.13 bits per heavy atom. The summed E-state index contributed by atoms with van der Waals surface area (Å²) in [5, 5.41) is 16.5. The van der Waals surface area contributed by atoms with Gasteiger partial charge in [0.15, 0.2) is 0 Å². The number of esters is 2. The standard InChI is InChI=1S/C36H53N5O8.C35H51N5O8/c1-34(2,3)27(39-33(47)40-28(35(4,5)6)32(46)49-18-20-12-14-21(48-9)15-13-20)31(45)41-17-22-24(36(22,7)8)25(41)30(44)38-23(16-19-10-11-19)26(42)29(37)43;1-18(2)25(32(45)48-17-20-11-13-21(47-8)14-12-20)38-33(46)39-28(34(3,4)5)31(44)40-16-22-24(35(22,6)7)26(40)30(43)37-23(15-19-9-10-19)27(41)29(36)42/h12-15,19,22-25,27-28H,10-11,16-18H2,1-9H3,(H2,37,43)(H,38,44)(H2,39,40,47);11-14,18-19,22-26,28H,9-10,15-17H2,1-8H3,(H2,36,42)(H,37,43)(H2,38,39,46)/t22-,23?,24-,25-,27+,28+;22-,23?,24-,25-,26-,28+/m00/s1. The molecule has 2 saturated heterocycles. The number of primary amides is 2. The number of nitrogens with two attached hydrogens (primary N) is 2. The number of ketones is 2. The van der Waals surface area contributed by atoms with Gasteiger partial charge in [0.2, 0.25) is 35.2 Å². The van der Waals surface area contributed by atoms with Crippen molar-refractivity contribution in [1.82, 2.24) is 41.7 Å². The van der Waals surface area contributed by atoms with E-state index >= 15 is 0 Å². The van der Waals surface area contributed by atoms with Gasteiger partial charge in [0.05, 0.1) is 26.3 Å². The second kappa shape index (κ2) is 29.8. The van der Waals surface area contributed by atoms with Crippen molar-refractivity contribution in [2.24, 2.45) is 80.0 Å². The Morgan fingerprint density at radius 1 is 0.495 bits per heavy atom. The summed E-state index contributed by atoms with van der Waals surface area (Å²) in [6.07, 6.45) is 4.25. The smallest absolute Gasteiger partial charge is 0.329 e. The first-order chi connectivity index (χ1) is 45.0. The third-order valence-electron chi connectivity index (χ3n) is 20.2. The first-order valence-electron chi connectivity index (χ1n) is 33.6. The van der Waals surface area contributed by atoms with Crippen LogP contribution >= 0.6 is 0 Å². The van der Waals surface area contributed by atoms with Gasteiger partial charge in [0.25, 0.3) is 11.8 Å². The Hall–Kier alpha value is -8.32. The lowest BCUT2D eigenvalue weighted by Crippen LogP contribution is -2.62. The number of piperidine rings is 2. The highest BCUT2D eigenvalue weighted by atomic mass is 16.5. The van der Waals surface area contributed by atoms with E-state index in [1.807, 2.05) is 27.7 Å². The average Bonchev–Trinajstić information content (AvgIpc) is 1.53. The molecule has 10 amide bonds. The van der Waals surface area contributed by atoms with Gasteiger partial charge in [-0.2, -0.15) is 0 Å². The summed E-state index contributed by atoms with van der Waals surface area (Å²) in [6, 6.07) is 4.55. The number of hydrogen-bond donors (Lipinski definition) is 8. The molecule has 10 N–H and O–H groups in total. The number of Topliss-reactive ketones (excluding diaryl/α,β-unsaturated/α-hetero) is 2. The topological polar surface area (TPSA) is 372 Å². The first-order valence-corrected chi connectivity index (χ1v) is 33.6. The lowest BCUT2D eigenvalue weighted by atomic mass is 9.85. The molecule has 0 bridgehead atoms. The highest BCUT2D eigenvalue weighted by Gasteiger charge is 2.71. The van der Waals surface area contributed by atoms with Crippen LogP contribution in [0.2, 0.25) is 0 Å². The van der Waals surface area contributed by atoms with Crippen molar-refractivity contribution in [3.63, 3.8) is 0 Å². The molecular formula is C71H104N10O16. The number of methoxy groups -OCH3 is 2. The molecule has 26 heteroatoms. The summed E-state index contributed by atoms with van der Waals surface area (Å²) in [6.45, 7) is 28.4. The van der Waals surface area contributed by atoms with Crippen molar-refractivity contribution in [3.8, 4) is 11.5 Å². The molecule has 4 saturated carbocycles. The molecule has 97 heavy (non-hydrogen) atoms. The van der Waals surface area contributed by atoms with Crippen LogP contribution in [0.4, 0.5) is 9.59 Å². The van der Waals surface area contributed by atoms with Crippen LogP contribution in [-0.2, 0) is 70.6 Å². The number of nitrogens with zero attached hydrogens (tertiary/aromatic N) is 2. The molecule has 26 nitrogen and oxygen atoms in total. The highest BCUT2D eigenvalue weighted by Crippen LogP contribution is 2.66. The van der Waals surface area contributed by atoms with Gasteiger partial charge in [-0.05, 0) is 117 Å². The monoisotopic (exact) mass is 1350 g/mol. The minimum absolute atomic E-state index is 0.00208. The Balaban J connectivity index is 0.000000273. The minimum atomic E-state index is -1.11. The predicted molar refractivity (Wildman–Crippen MR) is 357 cm³/mol. The Morgan fingerprint density at radius 2 is 0.825 bits per heavy atom. The second-order valence-corrected chi connectivity index (χ2v) is 32.0. The first kappa shape index (κ1) is 76.1. The number of rotatable bonds is 27. The van der Waals surface area contributed by atoms with E-state index in [0.717, 1.165) is 36.8 Å². The molecule has 6 fully saturated rings. The summed E-state index contributed by atoms with van der Waals surface area (Å²) in [7, 11) is 3.12. The maximum Gasteiger partial charge on any atom is 0.329 e. The van der Waals surface area contributed by atoms with Crippen LogP contribution in [-0.4, -0.2) is 156 Å². The SMILES string of the molecule is COc1ccc(COC(=O)[C@@H](NC(=O)N[C@H](C(=O)N2C[C@H]3[C@@H]([C@H]2C(=O)NC(CC2CC2)C(=O)C(N)=O)C3(C)C)C(C)(C)C)C(C)(C)C)cc1.COc1ccc(COC(=O)[C@@H](NC(=O)N[C@H](C(=O)N2C[C@H]3[C@@H]([C@H]2C(=O)NC(CC2CC2)C(=O)C(N)=O)C3(C)C)C(C)(C)C)C(C)C)cc1. The van der Waals surface area contributed by atoms with Crippen LogP contribution in [0.1, 0.15) is 154 Å². The zero-order valence-electron chi connectivity index (χ0n) is 59.4. The molecular weight excluding hydrogens is 1250 g/mol. The molecule has 2 aromatic carbocycles. The molecule has 0 radical (unpaired) electrons. The van der Waals surface area contributed by atoms with E-state index in [-0.39, 0.29) is 65.5 Å². The van der Waals surface area contributed by atoms with Gasteiger partial charge in [0.1, 0.15) is 61.0 Å². The van der Waals surface area contributed by atoms with Gasteiger partial charge in [-0.1, -0.05) is 154 Å². The van der Waals surface area contributed by atoms with E-state index in [1.54, 1.807) is 139 Å². The number of benzene rings is 2. The number of hydrogen-bond acceptors (Lipinski definition) is 16. The largest absolute Gasteiger partial charge is 0.497 e. The van der Waals surface area contributed by atoms with Gasteiger partial charge in [-0.15, -0.1) is 0 Å². The minimum Gasteiger partial charge on any atom is -0.497 e. The Labute approximate surface area is 569 Å². The second-order valence-electron chi connectivity index (χ2n) is 32.0. The molecule has 0 spiro atoms. The maximum atomic E-state index is 14.3. The number of carbonyl (C=O) groups is 12. The summed E-state index contributed by atoms with van der Waals surface area (Å²) < 4.78 is 21.4. The zero-order chi connectivity index (χ0) is 72.4. The third-order valence-corrected chi connectivity index (χ3v) is 20.2. The zero-order valence-corrected chi connectivity index (χ0v) is 59.4. The molecule has 12 atom stereocenters. The summed E-state index contributed by atoms with van der Waals surface area (Å²) in [4.78, 5) is 161. The molecule has 6 aliphatic rings. The van der Waals surface area contributed by atoms with Crippen molar-refractivity contribution in [3.05, 3.63) is 59.7 Å².